The van der Waals surface area contributed by atoms with Crippen molar-refractivity contribution < 1.29 is 4.79 Å². The second-order valence-corrected chi connectivity index (χ2v) is 4.51. The largest absolute Gasteiger partial charge is 0.334 e. The summed E-state index contributed by atoms with van der Waals surface area (Å²) >= 11 is 5.95. The van der Waals surface area contributed by atoms with E-state index in [-0.39, 0.29) is 5.91 Å². The monoisotopic (exact) mass is 242 g/mol. The zero-order chi connectivity index (χ0) is 11.7. The van der Waals surface area contributed by atoms with E-state index in [4.69, 9.17) is 11.6 Å². The standard InChI is InChI=1S/C10H15ClN4O/c1-7-5-15(4-3-12-7)10(16)9-8(11)6-14(2)13-9/h6-7,12H,3-5H2,1-2H3/t7-/m1/s1. The lowest BCUT2D eigenvalue weighted by molar-refractivity contribution is 0.0702. The first-order valence-corrected chi connectivity index (χ1v) is 5.67. The molecule has 0 bridgehead atoms. The van der Waals surface area contributed by atoms with E-state index >= 15 is 0 Å². The number of hydrogen-bond donors (Lipinski definition) is 1. The Morgan fingerprint density at radius 2 is 2.44 bits per heavy atom. The molecule has 2 rings (SSSR count). The minimum atomic E-state index is -0.0843. The number of piperazine rings is 1. The van der Waals surface area contributed by atoms with E-state index in [9.17, 15) is 4.79 Å². The van der Waals surface area contributed by atoms with Gasteiger partial charge in [-0.25, -0.2) is 0 Å². The van der Waals surface area contributed by atoms with Gasteiger partial charge in [0.05, 0.1) is 5.02 Å². The second-order valence-electron chi connectivity index (χ2n) is 4.11. The van der Waals surface area contributed by atoms with E-state index < -0.39 is 0 Å². The van der Waals surface area contributed by atoms with E-state index in [2.05, 4.69) is 17.3 Å². The summed E-state index contributed by atoms with van der Waals surface area (Å²) in [5, 5.41) is 7.78. The van der Waals surface area contributed by atoms with Crippen molar-refractivity contribution in [1.82, 2.24) is 20.0 Å². The van der Waals surface area contributed by atoms with Gasteiger partial charge in [-0.3, -0.25) is 9.48 Å². The number of aromatic nitrogens is 2. The van der Waals surface area contributed by atoms with Crippen molar-refractivity contribution in [3.05, 3.63) is 16.9 Å². The van der Waals surface area contributed by atoms with E-state index in [1.807, 2.05) is 0 Å². The molecule has 1 aliphatic heterocycles. The molecule has 1 aromatic rings. The molecule has 1 N–H and O–H groups in total. The molecule has 0 aliphatic carbocycles. The van der Waals surface area contributed by atoms with Gasteiger partial charge in [0.2, 0.25) is 0 Å². The summed E-state index contributed by atoms with van der Waals surface area (Å²) in [6.45, 7) is 4.28. The lowest BCUT2D eigenvalue weighted by Gasteiger charge is -2.31. The summed E-state index contributed by atoms with van der Waals surface area (Å²) in [6.07, 6.45) is 1.64. The van der Waals surface area contributed by atoms with Gasteiger partial charge in [-0.2, -0.15) is 5.10 Å². The highest BCUT2D eigenvalue weighted by Gasteiger charge is 2.25. The Morgan fingerprint density at radius 1 is 1.69 bits per heavy atom. The first-order valence-electron chi connectivity index (χ1n) is 5.29. The maximum absolute atomic E-state index is 12.1. The van der Waals surface area contributed by atoms with Crippen molar-refractivity contribution in [3.8, 4) is 0 Å². The average Bonchev–Trinajstić information content (AvgIpc) is 2.57. The molecule has 0 spiro atoms. The Hall–Kier alpha value is -1.07. The minimum Gasteiger partial charge on any atom is -0.334 e. The lowest BCUT2D eigenvalue weighted by Crippen LogP contribution is -2.51. The zero-order valence-electron chi connectivity index (χ0n) is 9.40. The van der Waals surface area contributed by atoms with Crippen LogP contribution in [0.25, 0.3) is 0 Å². The van der Waals surface area contributed by atoms with E-state index in [1.54, 1.807) is 22.8 Å². The smallest absolute Gasteiger partial charge is 0.276 e. The Kier molecular flexibility index (Phi) is 3.16. The van der Waals surface area contributed by atoms with Crippen molar-refractivity contribution >= 4 is 17.5 Å². The van der Waals surface area contributed by atoms with Crippen LogP contribution in [-0.4, -0.2) is 46.3 Å². The van der Waals surface area contributed by atoms with Crippen LogP contribution in [-0.2, 0) is 7.05 Å². The SMILES string of the molecule is C[C@@H]1CN(C(=O)c2nn(C)cc2Cl)CCN1. The van der Waals surface area contributed by atoms with Gasteiger partial charge in [0.1, 0.15) is 0 Å². The number of amides is 1. The van der Waals surface area contributed by atoms with Crippen LogP contribution in [0.5, 0.6) is 0 Å². The van der Waals surface area contributed by atoms with Gasteiger partial charge in [-0.05, 0) is 6.92 Å². The maximum Gasteiger partial charge on any atom is 0.276 e. The molecule has 0 aromatic carbocycles. The zero-order valence-corrected chi connectivity index (χ0v) is 10.2. The molecule has 0 unspecified atom stereocenters. The summed E-state index contributed by atoms with van der Waals surface area (Å²) in [5.41, 5.74) is 0.346. The van der Waals surface area contributed by atoms with Crippen LogP contribution in [0.1, 0.15) is 17.4 Å². The topological polar surface area (TPSA) is 50.2 Å². The molecule has 1 saturated heterocycles. The number of carbonyl (C=O) groups excluding carboxylic acids is 1. The normalized spacial score (nSPS) is 21.2. The first-order chi connectivity index (χ1) is 7.58. The van der Waals surface area contributed by atoms with Crippen LogP contribution in [0.4, 0.5) is 0 Å². The number of nitrogens with zero attached hydrogens (tertiary/aromatic N) is 3. The predicted octanol–water partition coefficient (Wildman–Crippen LogP) is 0.507. The highest BCUT2D eigenvalue weighted by Crippen LogP contribution is 2.16. The highest BCUT2D eigenvalue weighted by molar-refractivity contribution is 6.33. The third kappa shape index (κ3) is 2.20. The number of nitrogens with one attached hydrogen (secondary N) is 1. The molecule has 1 amide bonds. The molecule has 1 aromatic heterocycles. The van der Waals surface area contributed by atoms with Crippen LogP contribution in [0.3, 0.4) is 0 Å². The number of halogens is 1. The summed E-state index contributed by atoms with van der Waals surface area (Å²) in [4.78, 5) is 13.9. The molecule has 0 radical (unpaired) electrons. The van der Waals surface area contributed by atoms with Crippen molar-refractivity contribution in [2.24, 2.45) is 7.05 Å². The highest BCUT2D eigenvalue weighted by atomic mass is 35.5. The minimum absolute atomic E-state index is 0.0843. The summed E-state index contributed by atoms with van der Waals surface area (Å²) in [6, 6.07) is 0.320. The molecule has 6 heteroatoms. The molecule has 1 aliphatic rings. The second kappa shape index (κ2) is 4.43. The molecule has 5 nitrogen and oxygen atoms in total. The summed E-state index contributed by atoms with van der Waals surface area (Å²) < 4.78 is 1.56. The van der Waals surface area contributed by atoms with Crippen LogP contribution in [0.2, 0.25) is 5.02 Å². The molecular weight excluding hydrogens is 228 g/mol. The summed E-state index contributed by atoms with van der Waals surface area (Å²) in [7, 11) is 1.75. The number of hydrogen-bond acceptors (Lipinski definition) is 3. The third-order valence-electron chi connectivity index (χ3n) is 2.64. The van der Waals surface area contributed by atoms with Gasteiger partial charge in [-0.15, -0.1) is 0 Å². The Labute approximate surface area is 99.4 Å². The van der Waals surface area contributed by atoms with Crippen molar-refractivity contribution in [3.63, 3.8) is 0 Å². The van der Waals surface area contributed by atoms with E-state index in [0.717, 1.165) is 6.54 Å². The fourth-order valence-electron chi connectivity index (χ4n) is 1.87. The Morgan fingerprint density at radius 3 is 3.00 bits per heavy atom. The van der Waals surface area contributed by atoms with Gasteiger partial charge in [-0.1, -0.05) is 11.6 Å². The summed E-state index contributed by atoms with van der Waals surface area (Å²) in [5.74, 6) is -0.0843. The van der Waals surface area contributed by atoms with Gasteiger partial charge in [0, 0.05) is 38.9 Å². The predicted molar refractivity (Wildman–Crippen MR) is 61.6 cm³/mol. The molecule has 0 saturated carbocycles. The molecule has 1 fully saturated rings. The van der Waals surface area contributed by atoms with Crippen LogP contribution >= 0.6 is 11.6 Å². The fourth-order valence-corrected chi connectivity index (χ4v) is 2.13. The Balaban J connectivity index is 2.15. The van der Waals surface area contributed by atoms with Gasteiger partial charge in [0.15, 0.2) is 5.69 Å². The van der Waals surface area contributed by atoms with E-state index in [0.29, 0.717) is 29.8 Å². The molecule has 88 valence electrons. The van der Waals surface area contributed by atoms with Gasteiger partial charge in [0.25, 0.3) is 5.91 Å². The van der Waals surface area contributed by atoms with Crippen molar-refractivity contribution in [1.29, 1.82) is 0 Å². The molecule has 2 heterocycles. The fraction of sp³-hybridized carbons (Fsp3) is 0.600. The van der Waals surface area contributed by atoms with Gasteiger partial charge >= 0.3 is 0 Å². The van der Waals surface area contributed by atoms with Crippen LogP contribution < -0.4 is 5.32 Å². The van der Waals surface area contributed by atoms with Crippen molar-refractivity contribution in [2.75, 3.05) is 19.6 Å². The molecule has 1 atom stereocenters. The number of rotatable bonds is 1. The van der Waals surface area contributed by atoms with Crippen LogP contribution in [0.15, 0.2) is 6.20 Å². The van der Waals surface area contributed by atoms with E-state index in [1.165, 1.54) is 0 Å². The molecular formula is C10H15ClN4O. The third-order valence-corrected chi connectivity index (χ3v) is 2.92. The quantitative estimate of drug-likeness (QED) is 0.781. The maximum atomic E-state index is 12.1. The first kappa shape index (κ1) is 11.4. The Bertz CT molecular complexity index is 404. The van der Waals surface area contributed by atoms with Crippen LogP contribution in [0, 0.1) is 0 Å². The lowest BCUT2D eigenvalue weighted by atomic mass is 10.2. The average molecular weight is 243 g/mol. The number of aryl methyl sites for hydroxylation is 1. The van der Waals surface area contributed by atoms with Gasteiger partial charge < -0.3 is 10.2 Å². The number of carbonyl (C=O) groups is 1. The van der Waals surface area contributed by atoms with Crippen molar-refractivity contribution in [2.45, 2.75) is 13.0 Å². The molecule has 16 heavy (non-hydrogen) atoms.